The predicted octanol–water partition coefficient (Wildman–Crippen LogP) is 5.83. The number of hydrogen-bond acceptors (Lipinski definition) is 5. The zero-order chi connectivity index (χ0) is 22.7. The first-order valence-electron chi connectivity index (χ1n) is 9.71. The number of nitrogens with one attached hydrogen (secondary N) is 1. The smallest absolute Gasteiger partial charge is 0.281 e. The summed E-state index contributed by atoms with van der Waals surface area (Å²) in [4.78, 5) is 14.4. The number of halogens is 2. The van der Waals surface area contributed by atoms with Gasteiger partial charge in [0.25, 0.3) is 5.91 Å². The van der Waals surface area contributed by atoms with Gasteiger partial charge < -0.3 is 19.2 Å². The highest BCUT2D eigenvalue weighted by molar-refractivity contribution is 7.80. The molecule has 2 heterocycles. The first-order chi connectivity index (χ1) is 15.5. The fourth-order valence-electron chi connectivity index (χ4n) is 3.09. The maximum atomic E-state index is 13.0. The molecular weight excluding hydrogens is 471 g/mol. The third-order valence-corrected chi connectivity index (χ3v) is 5.55. The van der Waals surface area contributed by atoms with E-state index in [1.54, 1.807) is 48.5 Å². The summed E-state index contributed by atoms with van der Waals surface area (Å²) in [6.45, 7) is 2.54. The van der Waals surface area contributed by atoms with Gasteiger partial charge in [-0.15, -0.1) is 0 Å². The lowest BCUT2D eigenvalue weighted by atomic mass is 10.2. The van der Waals surface area contributed by atoms with Crippen molar-refractivity contribution in [3.63, 3.8) is 0 Å². The molecule has 1 amide bonds. The molecule has 0 unspecified atom stereocenters. The molecule has 1 fully saturated rings. The van der Waals surface area contributed by atoms with E-state index in [-0.39, 0.29) is 17.6 Å². The Bertz CT molecular complexity index is 1210. The number of benzene rings is 2. The van der Waals surface area contributed by atoms with Crippen LogP contribution in [0.4, 0.5) is 5.69 Å². The Morgan fingerprint density at radius 2 is 1.91 bits per heavy atom. The summed E-state index contributed by atoms with van der Waals surface area (Å²) in [5.41, 5.74) is 0.878. The fourth-order valence-corrected chi connectivity index (χ4v) is 3.67. The molecule has 2 aromatic carbocycles. The minimum atomic E-state index is -0.299. The number of amides is 1. The van der Waals surface area contributed by atoms with Gasteiger partial charge in [-0.1, -0.05) is 35.3 Å². The van der Waals surface area contributed by atoms with Crippen molar-refractivity contribution >= 4 is 58.2 Å². The normalized spacial score (nSPS) is 14.7. The van der Waals surface area contributed by atoms with Crippen LogP contribution < -0.4 is 19.7 Å². The van der Waals surface area contributed by atoms with Crippen molar-refractivity contribution in [1.29, 1.82) is 0 Å². The van der Waals surface area contributed by atoms with Crippen LogP contribution >= 0.6 is 35.4 Å². The highest BCUT2D eigenvalue weighted by Crippen LogP contribution is 2.32. The van der Waals surface area contributed by atoms with Gasteiger partial charge in [-0.05, 0) is 55.5 Å². The number of carbonyl (C=O) groups is 1. The molecule has 1 aliphatic heterocycles. The van der Waals surface area contributed by atoms with Crippen LogP contribution in [-0.4, -0.2) is 17.6 Å². The highest BCUT2D eigenvalue weighted by Gasteiger charge is 2.34. The minimum absolute atomic E-state index is 0.189. The molecule has 0 radical (unpaired) electrons. The summed E-state index contributed by atoms with van der Waals surface area (Å²) in [5, 5.41) is 4.07. The number of hydrogen-bond donors (Lipinski definition) is 1. The number of ether oxygens (including phenoxy) is 2. The molecule has 1 aromatic heterocycles. The first-order valence-corrected chi connectivity index (χ1v) is 10.9. The van der Waals surface area contributed by atoms with Gasteiger partial charge in [0.2, 0.25) is 0 Å². The van der Waals surface area contributed by atoms with Crippen LogP contribution in [0.2, 0.25) is 10.0 Å². The van der Waals surface area contributed by atoms with Gasteiger partial charge in [0.05, 0.1) is 22.3 Å². The molecule has 0 atom stereocenters. The van der Waals surface area contributed by atoms with E-state index >= 15 is 0 Å². The molecule has 6 nitrogen and oxygen atoms in total. The van der Waals surface area contributed by atoms with Crippen LogP contribution in [0.15, 0.2) is 64.7 Å². The quantitative estimate of drug-likeness (QED) is 0.333. The molecule has 0 aliphatic carbocycles. The summed E-state index contributed by atoms with van der Waals surface area (Å²) in [6.07, 6.45) is 1.60. The standard InChI is InChI=1S/C23H18Cl2N2O4S/c1-2-29-21-6-4-3-5-20(21)27-22(28)19(26-23(27)32)12-15-7-8-16(31-15)13-30-14-9-10-17(24)18(25)11-14/h3-12H,2,13H2,1H3,(H,26,32)/b19-12+. The van der Waals surface area contributed by atoms with Gasteiger partial charge >= 0.3 is 0 Å². The molecule has 1 aliphatic rings. The Morgan fingerprint density at radius 3 is 2.69 bits per heavy atom. The van der Waals surface area contributed by atoms with Crippen LogP contribution in [0, 0.1) is 0 Å². The van der Waals surface area contributed by atoms with Crippen molar-refractivity contribution in [1.82, 2.24) is 5.32 Å². The van der Waals surface area contributed by atoms with Crippen molar-refractivity contribution in [3.05, 3.63) is 81.9 Å². The van der Waals surface area contributed by atoms with E-state index in [1.807, 2.05) is 19.1 Å². The minimum Gasteiger partial charge on any atom is -0.492 e. The number of anilines is 1. The average Bonchev–Trinajstić information content (AvgIpc) is 3.33. The summed E-state index contributed by atoms with van der Waals surface area (Å²) in [5.74, 6) is 1.91. The second-order valence-electron chi connectivity index (χ2n) is 6.70. The maximum absolute atomic E-state index is 13.0. The number of thiocarbonyl (C=S) groups is 1. The Balaban J connectivity index is 1.48. The van der Waals surface area contributed by atoms with Gasteiger partial charge in [-0.25, -0.2) is 4.90 Å². The summed E-state index contributed by atoms with van der Waals surface area (Å²) in [6, 6.07) is 15.8. The van der Waals surface area contributed by atoms with Gasteiger partial charge in [0.15, 0.2) is 5.11 Å². The van der Waals surface area contributed by atoms with E-state index < -0.39 is 0 Å². The van der Waals surface area contributed by atoms with Crippen molar-refractivity contribution < 1.29 is 18.7 Å². The maximum Gasteiger partial charge on any atom is 0.281 e. The van der Waals surface area contributed by atoms with Gasteiger partial charge in [0.1, 0.15) is 35.3 Å². The molecule has 3 aromatic rings. The molecule has 1 saturated heterocycles. The molecule has 4 rings (SSSR count). The van der Waals surface area contributed by atoms with Crippen LogP contribution in [0.1, 0.15) is 18.4 Å². The summed E-state index contributed by atoms with van der Waals surface area (Å²) in [7, 11) is 0. The zero-order valence-corrected chi connectivity index (χ0v) is 19.3. The van der Waals surface area contributed by atoms with Crippen molar-refractivity contribution in [3.8, 4) is 11.5 Å². The molecule has 0 spiro atoms. The highest BCUT2D eigenvalue weighted by atomic mass is 35.5. The molecule has 0 saturated carbocycles. The number of rotatable bonds is 7. The van der Waals surface area contributed by atoms with E-state index in [0.29, 0.717) is 51.1 Å². The Hall–Kier alpha value is -3.00. The largest absolute Gasteiger partial charge is 0.492 e. The van der Waals surface area contributed by atoms with Crippen molar-refractivity contribution in [2.45, 2.75) is 13.5 Å². The van der Waals surface area contributed by atoms with Crippen LogP contribution in [0.3, 0.4) is 0 Å². The number of furan rings is 1. The monoisotopic (exact) mass is 488 g/mol. The number of carbonyl (C=O) groups excluding carboxylic acids is 1. The van der Waals surface area contributed by atoms with E-state index in [0.717, 1.165) is 0 Å². The number of para-hydroxylation sites is 2. The van der Waals surface area contributed by atoms with Gasteiger partial charge in [-0.2, -0.15) is 0 Å². The fraction of sp³-hybridized carbons (Fsp3) is 0.130. The average molecular weight is 489 g/mol. The third-order valence-electron chi connectivity index (χ3n) is 4.53. The van der Waals surface area contributed by atoms with E-state index in [2.05, 4.69) is 5.32 Å². The molecule has 0 bridgehead atoms. The molecule has 32 heavy (non-hydrogen) atoms. The van der Waals surface area contributed by atoms with Crippen LogP contribution in [0.25, 0.3) is 6.08 Å². The van der Waals surface area contributed by atoms with Crippen LogP contribution in [-0.2, 0) is 11.4 Å². The molecule has 9 heteroatoms. The Morgan fingerprint density at radius 1 is 1.09 bits per heavy atom. The molecule has 1 N–H and O–H groups in total. The third kappa shape index (κ3) is 4.75. The Labute approximate surface area is 200 Å². The molecule has 164 valence electrons. The van der Waals surface area contributed by atoms with Gasteiger partial charge in [-0.3, -0.25) is 4.79 Å². The SMILES string of the molecule is CCOc1ccccc1N1C(=O)/C(=C\c2ccc(COc3ccc(Cl)c(Cl)c3)o2)NC1=S. The molecular formula is C23H18Cl2N2O4S. The van der Waals surface area contributed by atoms with Crippen molar-refractivity contribution in [2.75, 3.05) is 11.5 Å². The number of nitrogens with zero attached hydrogens (tertiary/aromatic N) is 1. The lowest BCUT2D eigenvalue weighted by Crippen LogP contribution is -2.30. The lowest BCUT2D eigenvalue weighted by Gasteiger charge is -2.17. The van der Waals surface area contributed by atoms with E-state index in [4.69, 9.17) is 49.3 Å². The Kier molecular flexibility index (Phi) is 6.69. The van der Waals surface area contributed by atoms with E-state index in [9.17, 15) is 4.79 Å². The summed E-state index contributed by atoms with van der Waals surface area (Å²) < 4.78 is 17.1. The first kappa shape index (κ1) is 22.2. The van der Waals surface area contributed by atoms with Crippen molar-refractivity contribution in [2.24, 2.45) is 0 Å². The van der Waals surface area contributed by atoms with E-state index in [1.165, 1.54) is 4.90 Å². The predicted molar refractivity (Wildman–Crippen MR) is 128 cm³/mol. The van der Waals surface area contributed by atoms with Gasteiger partial charge in [0, 0.05) is 12.1 Å². The topological polar surface area (TPSA) is 63.9 Å². The van der Waals surface area contributed by atoms with Crippen LogP contribution in [0.5, 0.6) is 11.5 Å². The second kappa shape index (κ2) is 9.65. The zero-order valence-electron chi connectivity index (χ0n) is 16.9. The second-order valence-corrected chi connectivity index (χ2v) is 7.90. The summed E-state index contributed by atoms with van der Waals surface area (Å²) >= 11 is 17.3. The lowest BCUT2D eigenvalue weighted by molar-refractivity contribution is -0.113.